The minimum absolute atomic E-state index is 0.650. The van der Waals surface area contributed by atoms with Crippen molar-refractivity contribution >= 4 is 11.4 Å². The number of likely N-dealkylation sites (tertiary alicyclic amines) is 1. The Bertz CT molecular complexity index is 430. The van der Waals surface area contributed by atoms with Crippen LogP contribution in [0.4, 0.5) is 11.4 Å². The van der Waals surface area contributed by atoms with E-state index in [9.17, 15) is 0 Å². The molecule has 18 heavy (non-hydrogen) atoms. The Morgan fingerprint density at radius 1 is 1.39 bits per heavy atom. The number of fused-ring (bicyclic) bond motifs is 1. The van der Waals surface area contributed by atoms with Crippen LogP contribution in [0.1, 0.15) is 37.2 Å². The third-order valence-electron chi connectivity index (χ3n) is 4.57. The summed E-state index contributed by atoms with van der Waals surface area (Å²) in [5.74, 6) is 0.650. The molecule has 3 heteroatoms. The van der Waals surface area contributed by atoms with Crippen molar-refractivity contribution in [3.8, 4) is 0 Å². The van der Waals surface area contributed by atoms with Crippen LogP contribution in [0.5, 0.6) is 0 Å². The van der Waals surface area contributed by atoms with Gasteiger partial charge in [0.15, 0.2) is 0 Å². The summed E-state index contributed by atoms with van der Waals surface area (Å²) in [4.78, 5) is 2.52. The van der Waals surface area contributed by atoms with E-state index in [0.717, 1.165) is 18.3 Å². The van der Waals surface area contributed by atoms with E-state index in [2.05, 4.69) is 29.4 Å². The van der Waals surface area contributed by atoms with Gasteiger partial charge in [0.2, 0.25) is 0 Å². The zero-order valence-corrected chi connectivity index (χ0v) is 11.2. The quantitative estimate of drug-likeness (QED) is 0.804. The predicted molar refractivity (Wildman–Crippen MR) is 77.0 cm³/mol. The Morgan fingerprint density at radius 3 is 3.06 bits per heavy atom. The van der Waals surface area contributed by atoms with Crippen molar-refractivity contribution in [3.05, 3.63) is 23.8 Å². The lowest BCUT2D eigenvalue weighted by Gasteiger charge is -2.21. The van der Waals surface area contributed by atoms with Crippen molar-refractivity contribution < 1.29 is 0 Å². The van der Waals surface area contributed by atoms with Gasteiger partial charge in [0, 0.05) is 29.9 Å². The maximum absolute atomic E-state index is 5.90. The summed E-state index contributed by atoms with van der Waals surface area (Å²) in [5.41, 5.74) is 9.50. The minimum atomic E-state index is 0.650. The fourth-order valence-corrected chi connectivity index (χ4v) is 3.42. The molecule has 0 radical (unpaired) electrons. The summed E-state index contributed by atoms with van der Waals surface area (Å²) in [6, 6.07) is 7.05. The predicted octanol–water partition coefficient (Wildman–Crippen LogP) is 2.65. The van der Waals surface area contributed by atoms with E-state index in [0.29, 0.717) is 5.92 Å². The van der Waals surface area contributed by atoms with Crippen LogP contribution in [-0.2, 0) is 0 Å². The second-order valence-corrected chi connectivity index (χ2v) is 5.78. The summed E-state index contributed by atoms with van der Waals surface area (Å²) in [5, 5.41) is 3.49. The zero-order chi connectivity index (χ0) is 12.5. The standard InChI is InChI=1S/C15H23N3/c1-18-8-2-3-13(18)6-4-11-10-17-15-7-5-12(16)9-14(11)15/h5,7,9,11,13,17H,2-4,6,8,10,16H2,1H3/t11?,13-/m0/s1. The Balaban J connectivity index is 1.64. The van der Waals surface area contributed by atoms with Gasteiger partial charge in [0.1, 0.15) is 0 Å². The highest BCUT2D eigenvalue weighted by Crippen LogP contribution is 2.36. The Labute approximate surface area is 109 Å². The number of nitrogen functional groups attached to an aromatic ring is 1. The third kappa shape index (κ3) is 2.19. The van der Waals surface area contributed by atoms with Gasteiger partial charge in [0.25, 0.3) is 0 Å². The lowest BCUT2D eigenvalue weighted by Crippen LogP contribution is -2.25. The highest BCUT2D eigenvalue weighted by Gasteiger charge is 2.26. The van der Waals surface area contributed by atoms with Gasteiger partial charge in [-0.05, 0) is 63.0 Å². The number of nitrogens with one attached hydrogen (secondary N) is 1. The van der Waals surface area contributed by atoms with E-state index in [4.69, 9.17) is 5.73 Å². The lowest BCUT2D eigenvalue weighted by molar-refractivity contribution is 0.287. The van der Waals surface area contributed by atoms with Crippen molar-refractivity contribution in [2.24, 2.45) is 0 Å². The summed E-state index contributed by atoms with van der Waals surface area (Å²) >= 11 is 0. The van der Waals surface area contributed by atoms with Crippen molar-refractivity contribution in [2.45, 2.75) is 37.6 Å². The van der Waals surface area contributed by atoms with Crippen molar-refractivity contribution in [3.63, 3.8) is 0 Å². The number of rotatable bonds is 3. The number of nitrogens with zero attached hydrogens (tertiary/aromatic N) is 1. The molecule has 3 nitrogen and oxygen atoms in total. The summed E-state index contributed by atoms with van der Waals surface area (Å²) in [6.45, 7) is 2.35. The van der Waals surface area contributed by atoms with Crippen molar-refractivity contribution in [2.75, 3.05) is 31.2 Å². The Morgan fingerprint density at radius 2 is 2.28 bits per heavy atom. The maximum Gasteiger partial charge on any atom is 0.0377 e. The molecule has 1 aromatic carbocycles. The normalized spacial score (nSPS) is 27.2. The molecule has 1 unspecified atom stereocenters. The molecule has 98 valence electrons. The molecule has 2 aliphatic rings. The number of nitrogens with two attached hydrogens (primary N) is 1. The van der Waals surface area contributed by atoms with Crippen LogP contribution in [0, 0.1) is 0 Å². The van der Waals surface area contributed by atoms with E-state index in [1.807, 2.05) is 6.07 Å². The lowest BCUT2D eigenvalue weighted by atomic mass is 9.93. The molecule has 0 saturated carbocycles. The molecule has 1 aromatic rings. The molecule has 2 heterocycles. The van der Waals surface area contributed by atoms with Gasteiger partial charge in [0.05, 0.1) is 0 Å². The molecule has 0 spiro atoms. The zero-order valence-electron chi connectivity index (χ0n) is 11.2. The molecule has 2 aliphatic heterocycles. The molecule has 0 aromatic heterocycles. The Kier molecular flexibility index (Phi) is 3.16. The minimum Gasteiger partial charge on any atom is -0.399 e. The van der Waals surface area contributed by atoms with Crippen LogP contribution in [0.3, 0.4) is 0 Å². The first kappa shape index (κ1) is 11.8. The molecule has 0 amide bonds. The van der Waals surface area contributed by atoms with Gasteiger partial charge in [-0.3, -0.25) is 0 Å². The maximum atomic E-state index is 5.90. The van der Waals surface area contributed by atoms with Crippen LogP contribution in [-0.4, -0.2) is 31.1 Å². The summed E-state index contributed by atoms with van der Waals surface area (Å²) in [7, 11) is 2.26. The molecule has 0 aliphatic carbocycles. The van der Waals surface area contributed by atoms with Crippen LogP contribution in [0.25, 0.3) is 0 Å². The Hall–Kier alpha value is -1.22. The first-order valence-corrected chi connectivity index (χ1v) is 7.07. The fourth-order valence-electron chi connectivity index (χ4n) is 3.42. The number of benzene rings is 1. The van der Waals surface area contributed by atoms with Gasteiger partial charge in [-0.2, -0.15) is 0 Å². The van der Waals surface area contributed by atoms with E-state index in [-0.39, 0.29) is 0 Å². The van der Waals surface area contributed by atoms with E-state index < -0.39 is 0 Å². The van der Waals surface area contributed by atoms with E-state index in [1.54, 1.807) is 0 Å². The number of anilines is 2. The highest BCUT2D eigenvalue weighted by molar-refractivity contribution is 5.62. The molecule has 1 saturated heterocycles. The van der Waals surface area contributed by atoms with Gasteiger partial charge < -0.3 is 16.0 Å². The summed E-state index contributed by atoms with van der Waals surface area (Å²) < 4.78 is 0. The first-order valence-electron chi connectivity index (χ1n) is 7.07. The fraction of sp³-hybridized carbons (Fsp3) is 0.600. The second kappa shape index (κ2) is 4.81. The topological polar surface area (TPSA) is 41.3 Å². The van der Waals surface area contributed by atoms with E-state index in [1.165, 1.54) is 43.5 Å². The third-order valence-corrected chi connectivity index (χ3v) is 4.57. The average molecular weight is 245 g/mol. The van der Waals surface area contributed by atoms with Gasteiger partial charge in [-0.15, -0.1) is 0 Å². The molecular weight excluding hydrogens is 222 g/mol. The van der Waals surface area contributed by atoms with Crippen molar-refractivity contribution in [1.82, 2.24) is 4.90 Å². The highest BCUT2D eigenvalue weighted by atomic mass is 15.1. The first-order chi connectivity index (χ1) is 8.74. The SMILES string of the molecule is CN1CCC[C@H]1CCC1CNc2ccc(N)cc21. The van der Waals surface area contributed by atoms with Crippen LogP contribution >= 0.6 is 0 Å². The van der Waals surface area contributed by atoms with E-state index >= 15 is 0 Å². The monoisotopic (exact) mass is 245 g/mol. The van der Waals surface area contributed by atoms with Crippen LogP contribution in [0.2, 0.25) is 0 Å². The largest absolute Gasteiger partial charge is 0.399 e. The molecule has 3 rings (SSSR count). The van der Waals surface area contributed by atoms with Gasteiger partial charge in [-0.25, -0.2) is 0 Å². The van der Waals surface area contributed by atoms with Gasteiger partial charge in [-0.1, -0.05) is 0 Å². The average Bonchev–Trinajstić information content (AvgIpc) is 2.93. The molecule has 3 N–H and O–H groups in total. The molecular formula is C15H23N3. The second-order valence-electron chi connectivity index (χ2n) is 5.78. The molecule has 1 fully saturated rings. The van der Waals surface area contributed by atoms with Crippen LogP contribution in [0.15, 0.2) is 18.2 Å². The van der Waals surface area contributed by atoms with Crippen molar-refractivity contribution in [1.29, 1.82) is 0 Å². The molecule has 2 atom stereocenters. The summed E-state index contributed by atoms with van der Waals surface area (Å²) in [6.07, 6.45) is 5.34. The molecule has 0 bridgehead atoms. The van der Waals surface area contributed by atoms with Crippen LogP contribution < -0.4 is 11.1 Å². The number of hydrogen-bond acceptors (Lipinski definition) is 3. The van der Waals surface area contributed by atoms with Gasteiger partial charge >= 0.3 is 0 Å². The number of hydrogen-bond donors (Lipinski definition) is 2. The smallest absolute Gasteiger partial charge is 0.0377 e.